The maximum absolute atomic E-state index is 11.9. The van der Waals surface area contributed by atoms with Crippen LogP contribution in [0.15, 0.2) is 41.8 Å². The van der Waals surface area contributed by atoms with Crippen LogP contribution in [0.1, 0.15) is 16.1 Å². The Hall–Kier alpha value is -2.65. The van der Waals surface area contributed by atoms with Crippen molar-refractivity contribution < 1.29 is 24.1 Å². The standard InChI is InChI=1S/C17H18N4O4S/c1-9-7-10(14(19)22)4-6-20(9)5-2-3-11-8-26-16-12(18)15(23)21(16)13(11)17(24)25/h2-4,6-7,12,16H,5,8,18H2,1H3,(H2-,19,22,24,25)/p+1/b3-2+/t12-,16-/m1/s1. The number of thioether (sulfide) groups is 1. The Kier molecular flexibility index (Phi) is 4.84. The summed E-state index contributed by atoms with van der Waals surface area (Å²) in [5, 5.41) is 9.19. The first-order valence-electron chi connectivity index (χ1n) is 7.94. The number of carboxylic acids is 1. The number of aryl methyl sites for hydroxylation is 1. The number of amides is 2. The molecule has 0 aliphatic carbocycles. The van der Waals surface area contributed by atoms with Crippen LogP contribution >= 0.6 is 11.8 Å². The minimum absolute atomic E-state index is 0.00231. The number of nitrogens with two attached hydrogens (primary N) is 2. The minimum Gasteiger partial charge on any atom is -0.477 e. The lowest BCUT2D eigenvalue weighted by molar-refractivity contribution is -0.693. The maximum Gasteiger partial charge on any atom is 0.352 e. The molecule has 0 aromatic carbocycles. The van der Waals surface area contributed by atoms with Gasteiger partial charge in [-0.3, -0.25) is 14.5 Å². The Morgan fingerprint density at radius 3 is 2.85 bits per heavy atom. The van der Waals surface area contributed by atoms with E-state index in [0.29, 0.717) is 23.4 Å². The van der Waals surface area contributed by atoms with Crippen LogP contribution in [0.4, 0.5) is 0 Å². The molecule has 26 heavy (non-hydrogen) atoms. The summed E-state index contributed by atoms with van der Waals surface area (Å²) >= 11 is 1.46. The van der Waals surface area contributed by atoms with E-state index < -0.39 is 17.9 Å². The van der Waals surface area contributed by atoms with Crippen molar-refractivity contribution in [1.82, 2.24) is 4.90 Å². The SMILES string of the molecule is Cc1cc(C(N)=O)cc[n+]1C/C=C/C1=C(C(=O)O)N2C(=O)[C@@H](N)[C@H]2SC1. The highest BCUT2D eigenvalue weighted by Gasteiger charge is 2.51. The third kappa shape index (κ3) is 3.11. The van der Waals surface area contributed by atoms with Crippen molar-refractivity contribution >= 4 is 29.5 Å². The molecule has 2 aliphatic rings. The Bertz CT molecular complexity index is 864. The largest absolute Gasteiger partial charge is 0.477 e. The van der Waals surface area contributed by atoms with Crippen molar-refractivity contribution in [3.63, 3.8) is 0 Å². The second kappa shape index (κ2) is 6.93. The van der Waals surface area contributed by atoms with E-state index in [0.717, 1.165) is 5.69 Å². The Morgan fingerprint density at radius 1 is 1.50 bits per heavy atom. The van der Waals surface area contributed by atoms with Crippen LogP contribution in [-0.2, 0) is 16.1 Å². The number of allylic oxidation sites excluding steroid dienone is 2. The van der Waals surface area contributed by atoms with Gasteiger partial charge in [0.25, 0.3) is 0 Å². The molecule has 0 unspecified atom stereocenters. The van der Waals surface area contributed by atoms with E-state index in [2.05, 4.69) is 0 Å². The number of hydrogen-bond donors (Lipinski definition) is 3. The summed E-state index contributed by atoms with van der Waals surface area (Å²) in [7, 11) is 0. The highest BCUT2D eigenvalue weighted by molar-refractivity contribution is 8.00. The molecule has 1 saturated heterocycles. The third-order valence-electron chi connectivity index (χ3n) is 4.40. The summed E-state index contributed by atoms with van der Waals surface area (Å²) in [5.41, 5.74) is 12.8. The molecular formula is C17H19N4O4S+. The molecule has 1 aromatic rings. The van der Waals surface area contributed by atoms with Crippen LogP contribution in [0.2, 0.25) is 0 Å². The van der Waals surface area contributed by atoms with E-state index in [4.69, 9.17) is 11.5 Å². The molecule has 2 atom stereocenters. The number of carbonyl (C=O) groups is 3. The average molecular weight is 375 g/mol. The predicted octanol–water partition coefficient (Wildman–Crippen LogP) is -0.481. The molecule has 0 spiro atoms. The highest BCUT2D eigenvalue weighted by Crippen LogP contribution is 2.39. The van der Waals surface area contributed by atoms with Crippen LogP contribution in [-0.4, -0.2) is 45.0 Å². The van der Waals surface area contributed by atoms with Crippen molar-refractivity contribution in [2.45, 2.75) is 24.9 Å². The predicted molar refractivity (Wildman–Crippen MR) is 94.8 cm³/mol. The fourth-order valence-electron chi connectivity index (χ4n) is 2.98. The van der Waals surface area contributed by atoms with Gasteiger partial charge >= 0.3 is 5.97 Å². The Morgan fingerprint density at radius 2 is 2.23 bits per heavy atom. The molecule has 8 nitrogen and oxygen atoms in total. The lowest BCUT2D eigenvalue weighted by atomic mass is 10.0. The van der Waals surface area contributed by atoms with Gasteiger partial charge in [-0.15, -0.1) is 11.8 Å². The molecule has 1 aromatic heterocycles. The van der Waals surface area contributed by atoms with Gasteiger partial charge in [-0.2, -0.15) is 4.57 Å². The summed E-state index contributed by atoms with van der Waals surface area (Å²) in [6, 6.07) is 2.69. The number of pyridine rings is 1. The van der Waals surface area contributed by atoms with Crippen LogP contribution in [0, 0.1) is 6.92 Å². The lowest BCUT2D eigenvalue weighted by Gasteiger charge is -2.47. The fraction of sp³-hybridized carbons (Fsp3) is 0.294. The lowest BCUT2D eigenvalue weighted by Crippen LogP contribution is -2.68. The first-order chi connectivity index (χ1) is 12.3. The first-order valence-corrected chi connectivity index (χ1v) is 8.99. The molecule has 0 radical (unpaired) electrons. The second-order valence-electron chi connectivity index (χ2n) is 6.09. The normalized spacial score (nSPS) is 22.4. The summed E-state index contributed by atoms with van der Waals surface area (Å²) in [6.07, 6.45) is 5.29. The van der Waals surface area contributed by atoms with Gasteiger partial charge in [0.2, 0.25) is 11.8 Å². The third-order valence-corrected chi connectivity index (χ3v) is 5.72. The van der Waals surface area contributed by atoms with Crippen molar-refractivity contribution in [1.29, 1.82) is 0 Å². The molecule has 2 amide bonds. The molecule has 0 saturated carbocycles. The van der Waals surface area contributed by atoms with E-state index in [1.54, 1.807) is 24.4 Å². The summed E-state index contributed by atoms with van der Waals surface area (Å²) in [5.74, 6) is -1.51. The zero-order valence-corrected chi connectivity index (χ0v) is 14.9. The van der Waals surface area contributed by atoms with Gasteiger partial charge in [0.15, 0.2) is 18.4 Å². The number of fused-ring (bicyclic) bond motifs is 1. The summed E-state index contributed by atoms with van der Waals surface area (Å²) < 4.78 is 1.90. The molecule has 9 heteroatoms. The van der Waals surface area contributed by atoms with Gasteiger partial charge in [-0.1, -0.05) is 6.08 Å². The topological polar surface area (TPSA) is 131 Å². The smallest absolute Gasteiger partial charge is 0.352 e. The molecule has 2 aliphatic heterocycles. The monoisotopic (exact) mass is 375 g/mol. The number of primary amides is 1. The molecule has 3 rings (SSSR count). The highest BCUT2D eigenvalue weighted by atomic mass is 32.2. The molecule has 5 N–H and O–H groups in total. The van der Waals surface area contributed by atoms with Crippen LogP contribution in [0.25, 0.3) is 0 Å². The summed E-state index contributed by atoms with van der Waals surface area (Å²) in [4.78, 5) is 36.0. The van der Waals surface area contributed by atoms with Crippen molar-refractivity contribution in [3.8, 4) is 0 Å². The molecule has 136 valence electrons. The molecule has 0 bridgehead atoms. The number of hydrogen-bond acceptors (Lipinski definition) is 5. The Labute approximate surface area is 154 Å². The number of aliphatic carboxylic acids is 1. The number of aromatic nitrogens is 1. The van der Waals surface area contributed by atoms with E-state index in [1.807, 2.05) is 17.6 Å². The van der Waals surface area contributed by atoms with Gasteiger partial charge in [-0.05, 0) is 11.6 Å². The maximum atomic E-state index is 11.9. The number of carboxylic acid groups (broad SMARTS) is 1. The van der Waals surface area contributed by atoms with E-state index in [1.165, 1.54) is 16.7 Å². The van der Waals surface area contributed by atoms with E-state index in [-0.39, 0.29) is 17.0 Å². The average Bonchev–Trinajstić information content (AvgIpc) is 2.61. The fourth-order valence-corrected chi connectivity index (χ4v) is 4.24. The van der Waals surface area contributed by atoms with Gasteiger partial charge in [0, 0.05) is 24.8 Å². The molecule has 1 fully saturated rings. The van der Waals surface area contributed by atoms with Crippen molar-refractivity contribution in [2.24, 2.45) is 11.5 Å². The van der Waals surface area contributed by atoms with E-state index >= 15 is 0 Å². The van der Waals surface area contributed by atoms with E-state index in [9.17, 15) is 19.5 Å². The van der Waals surface area contributed by atoms with Crippen LogP contribution in [0.5, 0.6) is 0 Å². The number of nitrogens with zero attached hydrogens (tertiary/aromatic N) is 2. The zero-order chi connectivity index (χ0) is 19.0. The van der Waals surface area contributed by atoms with Crippen molar-refractivity contribution in [3.05, 3.63) is 53.0 Å². The van der Waals surface area contributed by atoms with Crippen LogP contribution < -0.4 is 16.0 Å². The quantitative estimate of drug-likeness (QED) is 0.471. The number of β-lactam (4-membered cyclic amide) rings is 1. The van der Waals surface area contributed by atoms with Gasteiger partial charge < -0.3 is 16.6 Å². The molecule has 3 heterocycles. The Balaban J connectivity index is 1.80. The van der Waals surface area contributed by atoms with Gasteiger partial charge in [0.1, 0.15) is 17.1 Å². The van der Waals surface area contributed by atoms with Crippen molar-refractivity contribution in [2.75, 3.05) is 5.75 Å². The molecular weight excluding hydrogens is 356 g/mol. The van der Waals surface area contributed by atoms with Crippen LogP contribution in [0.3, 0.4) is 0 Å². The zero-order valence-electron chi connectivity index (χ0n) is 14.1. The second-order valence-corrected chi connectivity index (χ2v) is 7.20. The number of rotatable bonds is 5. The van der Waals surface area contributed by atoms with Gasteiger partial charge in [0.05, 0.1) is 5.56 Å². The first kappa shape index (κ1) is 18.2. The van der Waals surface area contributed by atoms with Gasteiger partial charge in [-0.25, -0.2) is 4.79 Å². The number of carbonyl (C=O) groups excluding carboxylic acids is 2. The minimum atomic E-state index is -1.13. The summed E-state index contributed by atoms with van der Waals surface area (Å²) in [6.45, 7) is 2.34.